The molecule has 2 N–H and O–H groups in total. The van der Waals surface area contributed by atoms with Crippen LogP contribution in [0.3, 0.4) is 0 Å². The lowest BCUT2D eigenvalue weighted by molar-refractivity contribution is 0.0843. The first kappa shape index (κ1) is 12.5. The summed E-state index contributed by atoms with van der Waals surface area (Å²) >= 11 is 0. The van der Waals surface area contributed by atoms with Gasteiger partial charge in [0.2, 0.25) is 5.88 Å². The molecule has 1 aromatic heterocycles. The van der Waals surface area contributed by atoms with E-state index in [0.717, 1.165) is 0 Å². The number of aromatic hydroxyl groups is 1. The van der Waals surface area contributed by atoms with Crippen LogP contribution in [0.15, 0.2) is 29.1 Å². The first-order chi connectivity index (χ1) is 9.69. The van der Waals surface area contributed by atoms with Crippen molar-refractivity contribution in [3.05, 3.63) is 46.0 Å². The van der Waals surface area contributed by atoms with Gasteiger partial charge in [0.05, 0.1) is 5.56 Å². The fourth-order valence-corrected chi connectivity index (χ4v) is 2.13. The van der Waals surface area contributed by atoms with Crippen LogP contribution in [0.4, 0.5) is 0 Å². The van der Waals surface area contributed by atoms with E-state index in [0.29, 0.717) is 17.9 Å². The molecular formula is C14H14N2O4. The number of fused-ring (bicyclic) bond motifs is 1. The van der Waals surface area contributed by atoms with Gasteiger partial charge in [-0.15, -0.1) is 0 Å². The first-order valence-corrected chi connectivity index (χ1v) is 6.39. The highest BCUT2D eigenvalue weighted by atomic mass is 16.6. The highest BCUT2D eigenvalue weighted by Gasteiger charge is 2.25. The standard InChI is InChI=1S/C14H14N2O4/c1-2-8-13(17)15-12(16-14(8)18)11-7-19-9-5-3-4-6-10(9)20-11/h3-6,11H,2,7H2,1H3,(H2,15,16,17,18). The maximum absolute atomic E-state index is 11.8. The zero-order chi connectivity index (χ0) is 14.1. The minimum atomic E-state index is -0.547. The quantitative estimate of drug-likeness (QED) is 0.868. The molecule has 1 unspecified atom stereocenters. The van der Waals surface area contributed by atoms with Gasteiger partial charge in [0.25, 0.3) is 5.56 Å². The summed E-state index contributed by atoms with van der Waals surface area (Å²) in [4.78, 5) is 18.5. The Labute approximate surface area is 115 Å². The Morgan fingerprint density at radius 3 is 2.85 bits per heavy atom. The number of aromatic nitrogens is 2. The Morgan fingerprint density at radius 2 is 2.15 bits per heavy atom. The van der Waals surface area contributed by atoms with Gasteiger partial charge in [-0.3, -0.25) is 4.79 Å². The number of ether oxygens (including phenoxy) is 2. The third kappa shape index (κ3) is 2.09. The minimum absolute atomic E-state index is 0.227. The Kier molecular flexibility index (Phi) is 3.06. The average molecular weight is 274 g/mol. The van der Waals surface area contributed by atoms with Gasteiger partial charge in [0.15, 0.2) is 23.4 Å². The van der Waals surface area contributed by atoms with Crippen molar-refractivity contribution >= 4 is 0 Å². The second kappa shape index (κ2) is 4.88. The van der Waals surface area contributed by atoms with Crippen molar-refractivity contribution in [2.75, 3.05) is 6.61 Å². The molecule has 0 saturated heterocycles. The van der Waals surface area contributed by atoms with E-state index in [9.17, 15) is 9.90 Å². The van der Waals surface area contributed by atoms with Crippen molar-refractivity contribution in [3.63, 3.8) is 0 Å². The molecular weight excluding hydrogens is 260 g/mol. The number of aromatic amines is 1. The van der Waals surface area contributed by atoms with Gasteiger partial charge in [0.1, 0.15) is 6.61 Å². The van der Waals surface area contributed by atoms with Crippen LogP contribution in [-0.4, -0.2) is 21.7 Å². The summed E-state index contributed by atoms with van der Waals surface area (Å²) in [5.41, 5.74) is -0.0802. The van der Waals surface area contributed by atoms with E-state index in [1.54, 1.807) is 19.1 Å². The highest BCUT2D eigenvalue weighted by Crippen LogP contribution is 2.35. The lowest BCUT2D eigenvalue weighted by Crippen LogP contribution is -2.27. The molecule has 1 atom stereocenters. The van der Waals surface area contributed by atoms with Gasteiger partial charge < -0.3 is 19.6 Å². The van der Waals surface area contributed by atoms with Crippen LogP contribution in [0.2, 0.25) is 0 Å². The molecule has 0 radical (unpaired) electrons. The van der Waals surface area contributed by atoms with Crippen molar-refractivity contribution < 1.29 is 14.6 Å². The molecule has 1 aromatic carbocycles. The van der Waals surface area contributed by atoms with E-state index in [-0.39, 0.29) is 29.4 Å². The van der Waals surface area contributed by atoms with E-state index in [4.69, 9.17) is 9.47 Å². The lowest BCUT2D eigenvalue weighted by atomic mass is 10.2. The number of para-hydroxylation sites is 2. The van der Waals surface area contributed by atoms with Gasteiger partial charge in [-0.05, 0) is 18.6 Å². The fraction of sp³-hybridized carbons (Fsp3) is 0.286. The molecule has 6 nitrogen and oxygen atoms in total. The molecule has 0 bridgehead atoms. The zero-order valence-electron chi connectivity index (χ0n) is 10.9. The molecule has 0 spiro atoms. The first-order valence-electron chi connectivity index (χ1n) is 6.39. The van der Waals surface area contributed by atoms with Crippen molar-refractivity contribution in [2.45, 2.75) is 19.4 Å². The Bertz CT molecular complexity index is 696. The van der Waals surface area contributed by atoms with Gasteiger partial charge >= 0.3 is 0 Å². The van der Waals surface area contributed by atoms with E-state index in [1.165, 1.54) is 0 Å². The molecule has 104 valence electrons. The maximum atomic E-state index is 11.8. The summed E-state index contributed by atoms with van der Waals surface area (Å²) in [6, 6.07) is 7.27. The van der Waals surface area contributed by atoms with Gasteiger partial charge in [0, 0.05) is 0 Å². The highest BCUT2D eigenvalue weighted by molar-refractivity contribution is 5.41. The molecule has 0 aliphatic carbocycles. The summed E-state index contributed by atoms with van der Waals surface area (Å²) in [5.74, 6) is 1.25. The van der Waals surface area contributed by atoms with Gasteiger partial charge in [-0.25, -0.2) is 0 Å². The Hall–Kier alpha value is -2.50. The number of H-pyrrole nitrogens is 1. The second-order valence-electron chi connectivity index (χ2n) is 4.47. The molecule has 1 aliphatic rings. The molecule has 3 rings (SSSR count). The fourth-order valence-electron chi connectivity index (χ4n) is 2.13. The second-order valence-corrected chi connectivity index (χ2v) is 4.47. The average Bonchev–Trinajstić information content (AvgIpc) is 2.46. The Balaban J connectivity index is 1.94. The summed E-state index contributed by atoms with van der Waals surface area (Å²) in [7, 11) is 0. The summed E-state index contributed by atoms with van der Waals surface area (Å²) in [6.45, 7) is 2.01. The van der Waals surface area contributed by atoms with Crippen molar-refractivity contribution in [1.29, 1.82) is 0 Å². The molecule has 2 heterocycles. The number of hydrogen-bond donors (Lipinski definition) is 2. The summed E-state index contributed by atoms with van der Waals surface area (Å²) < 4.78 is 11.3. The van der Waals surface area contributed by atoms with E-state index < -0.39 is 6.10 Å². The van der Waals surface area contributed by atoms with Crippen LogP contribution in [0.5, 0.6) is 17.4 Å². The summed E-state index contributed by atoms with van der Waals surface area (Å²) in [5, 5.41) is 9.77. The number of nitrogens with one attached hydrogen (secondary N) is 1. The van der Waals surface area contributed by atoms with Crippen molar-refractivity contribution in [1.82, 2.24) is 9.97 Å². The smallest absolute Gasteiger partial charge is 0.258 e. The number of nitrogens with zero attached hydrogens (tertiary/aromatic N) is 1. The van der Waals surface area contributed by atoms with Gasteiger partial charge in [-0.1, -0.05) is 19.1 Å². The molecule has 0 amide bonds. The monoisotopic (exact) mass is 274 g/mol. The Morgan fingerprint density at radius 1 is 1.40 bits per heavy atom. The van der Waals surface area contributed by atoms with Crippen LogP contribution >= 0.6 is 0 Å². The van der Waals surface area contributed by atoms with Crippen LogP contribution in [-0.2, 0) is 6.42 Å². The largest absolute Gasteiger partial charge is 0.493 e. The van der Waals surface area contributed by atoms with E-state index in [1.807, 2.05) is 12.1 Å². The van der Waals surface area contributed by atoms with E-state index >= 15 is 0 Å². The molecule has 1 aliphatic heterocycles. The lowest BCUT2D eigenvalue weighted by Gasteiger charge is -2.25. The van der Waals surface area contributed by atoms with E-state index in [2.05, 4.69) is 9.97 Å². The minimum Gasteiger partial charge on any atom is -0.493 e. The van der Waals surface area contributed by atoms with Crippen LogP contribution in [0, 0.1) is 0 Å². The summed E-state index contributed by atoms with van der Waals surface area (Å²) in [6.07, 6.45) is -0.131. The van der Waals surface area contributed by atoms with Crippen molar-refractivity contribution in [3.8, 4) is 17.4 Å². The molecule has 6 heteroatoms. The van der Waals surface area contributed by atoms with Crippen LogP contribution in [0.25, 0.3) is 0 Å². The van der Waals surface area contributed by atoms with Crippen LogP contribution in [0.1, 0.15) is 24.4 Å². The third-order valence-corrected chi connectivity index (χ3v) is 3.18. The van der Waals surface area contributed by atoms with Crippen LogP contribution < -0.4 is 15.0 Å². The predicted octanol–water partition coefficient (Wildman–Crippen LogP) is 1.55. The number of benzene rings is 1. The third-order valence-electron chi connectivity index (χ3n) is 3.18. The SMILES string of the molecule is CCc1c(O)nc(C2COc3ccccc3O2)[nH]c1=O. The number of rotatable bonds is 2. The normalized spacial score (nSPS) is 16.9. The van der Waals surface area contributed by atoms with Crippen molar-refractivity contribution in [2.24, 2.45) is 0 Å². The topological polar surface area (TPSA) is 84.4 Å². The van der Waals surface area contributed by atoms with Gasteiger partial charge in [-0.2, -0.15) is 4.98 Å². The predicted molar refractivity (Wildman–Crippen MR) is 71.2 cm³/mol. The molecule has 0 saturated carbocycles. The maximum Gasteiger partial charge on any atom is 0.258 e. The molecule has 2 aromatic rings. The zero-order valence-corrected chi connectivity index (χ0v) is 10.9. The number of hydrogen-bond acceptors (Lipinski definition) is 5. The molecule has 20 heavy (non-hydrogen) atoms. The molecule has 0 fully saturated rings.